The molecule has 0 saturated heterocycles. The van der Waals surface area contributed by atoms with Gasteiger partial charge in [-0.15, -0.1) is 0 Å². The lowest BCUT2D eigenvalue weighted by atomic mass is 10.0. The molecule has 0 amide bonds. The SMILES string of the molecule is CC[C@@H]1C[C@H](NS(=O)(=O)C2CC2)C[C@@H]1NCCc1cnc2c(ccn2S(=O)(=O)C2(C)C=CC(Cl)=CC2)c1. The highest BCUT2D eigenvalue weighted by Gasteiger charge is 2.41. The van der Waals surface area contributed by atoms with E-state index in [1.807, 2.05) is 6.07 Å². The predicted octanol–water partition coefficient (Wildman–Crippen LogP) is 3.83. The average Bonchev–Trinajstić information content (AvgIpc) is 3.54. The number of nitrogens with zero attached hydrogens (tertiary/aromatic N) is 2. The van der Waals surface area contributed by atoms with Crippen LogP contribution in [0.5, 0.6) is 0 Å². The Hall–Kier alpha value is -1.72. The highest BCUT2D eigenvalue weighted by Crippen LogP contribution is 2.34. The molecule has 202 valence electrons. The Morgan fingerprint density at radius 2 is 2.00 bits per heavy atom. The summed E-state index contributed by atoms with van der Waals surface area (Å²) in [5, 5.41) is 4.76. The van der Waals surface area contributed by atoms with Crippen molar-refractivity contribution in [1.29, 1.82) is 0 Å². The molecule has 8 nitrogen and oxygen atoms in total. The van der Waals surface area contributed by atoms with Crippen LogP contribution < -0.4 is 10.0 Å². The number of fused-ring (bicyclic) bond motifs is 1. The Morgan fingerprint density at radius 1 is 1.22 bits per heavy atom. The summed E-state index contributed by atoms with van der Waals surface area (Å²) in [6.45, 7) is 4.59. The fourth-order valence-corrected chi connectivity index (χ4v) is 8.85. The van der Waals surface area contributed by atoms with Gasteiger partial charge in [-0.05, 0) is 81.7 Å². The van der Waals surface area contributed by atoms with Crippen LogP contribution in [0.3, 0.4) is 0 Å². The topological polar surface area (TPSA) is 110 Å². The second kappa shape index (κ2) is 10.1. The van der Waals surface area contributed by atoms with Gasteiger partial charge in [0.2, 0.25) is 20.0 Å². The summed E-state index contributed by atoms with van der Waals surface area (Å²) in [5.41, 5.74) is 1.44. The number of hydrogen-bond acceptors (Lipinski definition) is 6. The molecule has 0 aliphatic heterocycles. The van der Waals surface area contributed by atoms with Gasteiger partial charge in [0, 0.05) is 34.9 Å². The number of nitrogens with one attached hydrogen (secondary N) is 2. The Morgan fingerprint density at radius 3 is 2.68 bits per heavy atom. The van der Waals surface area contributed by atoms with Crippen molar-refractivity contribution in [3.8, 4) is 0 Å². The Bertz CT molecular complexity index is 1450. The molecule has 0 bridgehead atoms. The second-order valence-corrected chi connectivity index (χ2v) is 15.5. The van der Waals surface area contributed by atoms with Crippen LogP contribution in [0.4, 0.5) is 0 Å². The van der Waals surface area contributed by atoms with Crippen molar-refractivity contribution >= 4 is 42.7 Å². The zero-order valence-corrected chi connectivity index (χ0v) is 23.6. The van der Waals surface area contributed by atoms with Crippen LogP contribution in [0.25, 0.3) is 11.0 Å². The maximum atomic E-state index is 13.5. The van der Waals surface area contributed by atoms with E-state index in [9.17, 15) is 16.8 Å². The fraction of sp³-hybridized carbons (Fsp3) is 0.577. The third-order valence-corrected chi connectivity index (χ3v) is 12.6. The first kappa shape index (κ1) is 26.9. The zero-order valence-electron chi connectivity index (χ0n) is 21.2. The molecule has 0 aromatic carbocycles. The van der Waals surface area contributed by atoms with Crippen molar-refractivity contribution in [2.75, 3.05) is 6.54 Å². The lowest BCUT2D eigenvalue weighted by molar-refractivity contribution is 0.393. The van der Waals surface area contributed by atoms with E-state index >= 15 is 0 Å². The van der Waals surface area contributed by atoms with Crippen LogP contribution >= 0.6 is 11.6 Å². The van der Waals surface area contributed by atoms with E-state index in [0.717, 1.165) is 56.0 Å². The van der Waals surface area contributed by atoms with Gasteiger partial charge in [0.15, 0.2) is 5.65 Å². The zero-order chi connectivity index (χ0) is 26.4. The van der Waals surface area contributed by atoms with E-state index in [1.54, 1.807) is 43.6 Å². The molecule has 3 aliphatic rings. The molecular formula is C26H35ClN4O4S2. The first-order valence-corrected chi connectivity index (χ1v) is 16.4. The molecule has 1 unspecified atom stereocenters. The molecular weight excluding hydrogens is 532 g/mol. The van der Waals surface area contributed by atoms with E-state index in [1.165, 1.54) is 3.97 Å². The summed E-state index contributed by atoms with van der Waals surface area (Å²) in [5.74, 6) is 0.437. The molecule has 4 atom stereocenters. The number of aromatic nitrogens is 2. The molecule has 2 aromatic heterocycles. The molecule has 3 aliphatic carbocycles. The van der Waals surface area contributed by atoms with E-state index in [0.29, 0.717) is 23.0 Å². The smallest absolute Gasteiger partial charge is 0.249 e. The number of hydrogen-bond donors (Lipinski definition) is 2. The van der Waals surface area contributed by atoms with Crippen LogP contribution in [0.1, 0.15) is 57.9 Å². The van der Waals surface area contributed by atoms with Gasteiger partial charge in [0.25, 0.3) is 0 Å². The molecule has 37 heavy (non-hydrogen) atoms. The molecule has 0 radical (unpaired) electrons. The van der Waals surface area contributed by atoms with Crippen molar-refractivity contribution in [1.82, 2.24) is 19.0 Å². The molecule has 5 rings (SSSR count). The number of halogens is 1. The van der Waals surface area contributed by atoms with Crippen LogP contribution in [0.2, 0.25) is 0 Å². The molecule has 2 N–H and O–H groups in total. The van der Waals surface area contributed by atoms with Crippen LogP contribution in [-0.4, -0.2) is 54.4 Å². The minimum Gasteiger partial charge on any atom is -0.313 e. The summed E-state index contributed by atoms with van der Waals surface area (Å²) in [7, 11) is -6.91. The monoisotopic (exact) mass is 566 g/mol. The van der Waals surface area contributed by atoms with Crippen LogP contribution in [0, 0.1) is 5.92 Å². The van der Waals surface area contributed by atoms with Crippen LogP contribution in [0.15, 0.2) is 47.8 Å². The van der Waals surface area contributed by atoms with Crippen LogP contribution in [-0.2, 0) is 26.5 Å². The predicted molar refractivity (Wildman–Crippen MR) is 148 cm³/mol. The molecule has 2 saturated carbocycles. The largest absolute Gasteiger partial charge is 0.313 e. The van der Waals surface area contributed by atoms with Gasteiger partial charge >= 0.3 is 0 Å². The highest BCUT2D eigenvalue weighted by atomic mass is 35.5. The molecule has 0 spiro atoms. The van der Waals surface area contributed by atoms with Gasteiger partial charge in [-0.1, -0.05) is 37.1 Å². The molecule has 2 fully saturated rings. The van der Waals surface area contributed by atoms with E-state index in [2.05, 4.69) is 21.9 Å². The van der Waals surface area contributed by atoms with E-state index in [-0.39, 0.29) is 17.3 Å². The first-order valence-electron chi connectivity index (χ1n) is 13.0. The van der Waals surface area contributed by atoms with Gasteiger partial charge in [-0.3, -0.25) is 0 Å². The quantitative estimate of drug-likeness (QED) is 0.452. The van der Waals surface area contributed by atoms with Crippen molar-refractivity contribution in [3.05, 3.63) is 53.4 Å². The van der Waals surface area contributed by atoms with Crippen molar-refractivity contribution in [2.45, 2.75) is 80.9 Å². The number of sulfonamides is 1. The maximum absolute atomic E-state index is 13.5. The van der Waals surface area contributed by atoms with Crippen molar-refractivity contribution in [3.63, 3.8) is 0 Å². The molecule has 2 heterocycles. The summed E-state index contributed by atoms with van der Waals surface area (Å²) >= 11 is 6.00. The number of pyridine rings is 1. The van der Waals surface area contributed by atoms with E-state index in [4.69, 9.17) is 11.6 Å². The standard InChI is InChI=1S/C26H35ClN4O4S2/c1-3-19-15-22(30-36(32,33)23-4-5-23)16-24(19)28-12-8-18-14-20-9-13-31(25(20)29-17-18)37(34,35)26(2)10-6-21(27)7-11-26/h6-7,9-10,13-14,17,19,22-24,28,30H,3-5,8,11-12,15-16H2,1-2H3/t19-,22+,24+,26?/m1/s1. The van der Waals surface area contributed by atoms with Crippen molar-refractivity contribution in [2.24, 2.45) is 5.92 Å². The third-order valence-electron chi connectivity index (χ3n) is 8.03. The first-order chi connectivity index (χ1) is 17.5. The Balaban J connectivity index is 1.22. The summed E-state index contributed by atoms with van der Waals surface area (Å²) < 4.78 is 54.7. The van der Waals surface area contributed by atoms with Gasteiger partial charge in [-0.2, -0.15) is 0 Å². The number of allylic oxidation sites excluding steroid dienone is 3. The lowest BCUT2D eigenvalue weighted by Gasteiger charge is -2.27. The second-order valence-electron chi connectivity index (χ2n) is 10.8. The Labute approximate surface area is 224 Å². The maximum Gasteiger partial charge on any atom is 0.249 e. The van der Waals surface area contributed by atoms with Gasteiger partial charge in [0.05, 0.1) is 5.25 Å². The minimum absolute atomic E-state index is 0.000153. The third kappa shape index (κ3) is 5.41. The van der Waals surface area contributed by atoms with Gasteiger partial charge < -0.3 is 5.32 Å². The van der Waals surface area contributed by atoms with E-state index < -0.39 is 24.8 Å². The van der Waals surface area contributed by atoms with Crippen molar-refractivity contribution < 1.29 is 16.8 Å². The average molecular weight is 567 g/mol. The van der Waals surface area contributed by atoms with Gasteiger partial charge in [-0.25, -0.2) is 30.5 Å². The molecule has 2 aromatic rings. The van der Waals surface area contributed by atoms with Gasteiger partial charge in [0.1, 0.15) is 4.75 Å². The Kier molecular flexibility index (Phi) is 7.34. The summed E-state index contributed by atoms with van der Waals surface area (Å²) in [4.78, 5) is 4.52. The highest BCUT2D eigenvalue weighted by molar-refractivity contribution is 7.91. The summed E-state index contributed by atoms with van der Waals surface area (Å²) in [6, 6.07) is 4.05. The fourth-order valence-electron chi connectivity index (χ4n) is 5.52. The lowest BCUT2D eigenvalue weighted by Crippen LogP contribution is -2.38. The normalized spacial score (nSPS) is 28.6. The minimum atomic E-state index is -3.74. The summed E-state index contributed by atoms with van der Waals surface area (Å²) in [6.07, 6.45) is 13.6. The molecule has 11 heteroatoms. The number of rotatable bonds is 10.